The number of sulfone groups is 1. The fraction of sp³-hybridized carbons (Fsp3) is 0.0952. The number of rotatable bonds is 6. The maximum atomic E-state index is 12.9. The average Bonchev–Trinajstić information content (AvgIpc) is 2.70. The second-order valence-electron chi connectivity index (χ2n) is 6.82. The van der Waals surface area contributed by atoms with E-state index in [1.54, 1.807) is 43.3 Å². The van der Waals surface area contributed by atoms with Crippen molar-refractivity contribution in [2.45, 2.75) is 16.7 Å². The molecule has 0 fully saturated rings. The number of anilines is 2. The fourth-order valence-electron chi connectivity index (χ4n) is 2.77. The Morgan fingerprint density at radius 3 is 2.16 bits per heavy atom. The highest BCUT2D eigenvalue weighted by Gasteiger charge is 2.19. The first-order valence-corrected chi connectivity index (χ1v) is 12.7. The van der Waals surface area contributed by atoms with E-state index in [1.807, 2.05) is 0 Å². The second kappa shape index (κ2) is 8.70. The summed E-state index contributed by atoms with van der Waals surface area (Å²) < 4.78 is 51.3. The zero-order valence-electron chi connectivity index (χ0n) is 16.6. The summed E-state index contributed by atoms with van der Waals surface area (Å²) in [5.74, 6) is -0.508. The Labute approximate surface area is 186 Å². The lowest BCUT2D eigenvalue weighted by molar-refractivity contribution is 0.102. The van der Waals surface area contributed by atoms with Gasteiger partial charge in [0.15, 0.2) is 9.84 Å². The molecule has 1 amide bonds. The summed E-state index contributed by atoms with van der Waals surface area (Å²) in [5, 5.41) is 2.88. The summed E-state index contributed by atoms with van der Waals surface area (Å²) in [7, 11) is -7.34. The normalized spacial score (nSPS) is 11.7. The highest BCUT2D eigenvalue weighted by molar-refractivity contribution is 7.92. The molecule has 162 valence electrons. The van der Waals surface area contributed by atoms with Crippen LogP contribution in [0.15, 0.2) is 76.5 Å². The van der Waals surface area contributed by atoms with Gasteiger partial charge in [-0.2, -0.15) is 0 Å². The third-order valence-corrected chi connectivity index (χ3v) is 7.36. The summed E-state index contributed by atoms with van der Waals surface area (Å²) in [5.41, 5.74) is 1.22. The molecule has 0 spiro atoms. The van der Waals surface area contributed by atoms with E-state index in [1.165, 1.54) is 30.3 Å². The quantitative estimate of drug-likeness (QED) is 0.554. The SMILES string of the molecule is Cc1ccc(NC(=O)c2ccc(S(C)(=O)=O)cc2)cc1S(=O)(=O)Nc1ccccc1Cl. The Kier molecular flexibility index (Phi) is 6.40. The molecule has 3 aromatic rings. The van der Waals surface area contributed by atoms with Crippen LogP contribution in [-0.4, -0.2) is 29.0 Å². The van der Waals surface area contributed by atoms with Gasteiger partial charge in [-0.15, -0.1) is 0 Å². The van der Waals surface area contributed by atoms with Gasteiger partial charge in [0, 0.05) is 17.5 Å². The molecule has 0 bridgehead atoms. The molecule has 10 heteroatoms. The van der Waals surface area contributed by atoms with E-state index in [4.69, 9.17) is 11.6 Å². The van der Waals surface area contributed by atoms with Gasteiger partial charge in [-0.1, -0.05) is 29.8 Å². The minimum atomic E-state index is -3.96. The molecular weight excluding hydrogens is 460 g/mol. The van der Waals surface area contributed by atoms with Crippen LogP contribution in [0.3, 0.4) is 0 Å². The highest BCUT2D eigenvalue weighted by Crippen LogP contribution is 2.27. The van der Waals surface area contributed by atoms with E-state index in [2.05, 4.69) is 10.0 Å². The van der Waals surface area contributed by atoms with Crippen molar-refractivity contribution in [2.75, 3.05) is 16.3 Å². The molecule has 0 radical (unpaired) electrons. The highest BCUT2D eigenvalue weighted by atomic mass is 35.5. The van der Waals surface area contributed by atoms with Crippen molar-refractivity contribution in [1.29, 1.82) is 0 Å². The number of hydrogen-bond donors (Lipinski definition) is 2. The number of amides is 1. The van der Waals surface area contributed by atoms with Gasteiger partial charge in [0.1, 0.15) is 0 Å². The third-order valence-electron chi connectivity index (χ3n) is 4.40. The van der Waals surface area contributed by atoms with E-state index < -0.39 is 25.8 Å². The molecule has 2 N–H and O–H groups in total. The maximum Gasteiger partial charge on any atom is 0.262 e. The average molecular weight is 479 g/mol. The second-order valence-corrected chi connectivity index (χ2v) is 10.9. The predicted octanol–water partition coefficient (Wildman–Crippen LogP) is 4.11. The van der Waals surface area contributed by atoms with Crippen LogP contribution in [0.5, 0.6) is 0 Å². The minimum Gasteiger partial charge on any atom is -0.322 e. The largest absolute Gasteiger partial charge is 0.322 e. The molecule has 31 heavy (non-hydrogen) atoms. The number of carbonyl (C=O) groups excluding carboxylic acids is 1. The Morgan fingerprint density at radius 1 is 0.903 bits per heavy atom. The van der Waals surface area contributed by atoms with Crippen LogP contribution < -0.4 is 10.0 Å². The smallest absolute Gasteiger partial charge is 0.262 e. The molecule has 7 nitrogen and oxygen atoms in total. The topological polar surface area (TPSA) is 109 Å². The summed E-state index contributed by atoms with van der Waals surface area (Å²) in [6.07, 6.45) is 1.08. The summed E-state index contributed by atoms with van der Waals surface area (Å²) in [6.45, 7) is 1.64. The molecule has 3 aromatic carbocycles. The lowest BCUT2D eigenvalue weighted by Gasteiger charge is -2.13. The number of sulfonamides is 1. The van der Waals surface area contributed by atoms with Crippen LogP contribution in [0.1, 0.15) is 15.9 Å². The van der Waals surface area contributed by atoms with Crippen LogP contribution >= 0.6 is 11.6 Å². The molecule has 0 unspecified atom stereocenters. The van der Waals surface area contributed by atoms with E-state index in [9.17, 15) is 21.6 Å². The van der Waals surface area contributed by atoms with Crippen LogP contribution in [0, 0.1) is 6.92 Å². The summed E-state index contributed by atoms with van der Waals surface area (Å²) in [6, 6.07) is 16.4. The Bertz CT molecular complexity index is 1350. The van der Waals surface area contributed by atoms with Crippen LogP contribution in [0.25, 0.3) is 0 Å². The van der Waals surface area contributed by atoms with Crippen LogP contribution in [0.4, 0.5) is 11.4 Å². The van der Waals surface area contributed by atoms with E-state index in [0.29, 0.717) is 5.56 Å². The monoisotopic (exact) mass is 478 g/mol. The van der Waals surface area contributed by atoms with Gasteiger partial charge in [0.2, 0.25) is 0 Å². The van der Waals surface area contributed by atoms with Crippen LogP contribution in [-0.2, 0) is 19.9 Å². The van der Waals surface area contributed by atoms with Gasteiger partial charge >= 0.3 is 0 Å². The molecule has 0 aromatic heterocycles. The first-order chi connectivity index (χ1) is 14.5. The Balaban J connectivity index is 1.85. The first-order valence-electron chi connectivity index (χ1n) is 8.97. The standard InChI is InChI=1S/C21H19ClN2O5S2/c1-14-7-10-16(23-21(25)15-8-11-17(12-9-15)30(2,26)27)13-20(14)31(28,29)24-19-6-4-3-5-18(19)22/h3-13,24H,1-2H3,(H,23,25). The van der Waals surface area contributed by atoms with Gasteiger partial charge < -0.3 is 5.32 Å². The lowest BCUT2D eigenvalue weighted by atomic mass is 10.2. The lowest BCUT2D eigenvalue weighted by Crippen LogP contribution is -2.16. The minimum absolute atomic E-state index is 0.0161. The molecular formula is C21H19ClN2O5S2. The summed E-state index contributed by atoms with van der Waals surface area (Å²) in [4.78, 5) is 12.6. The molecule has 0 aliphatic rings. The van der Waals surface area contributed by atoms with Crippen molar-refractivity contribution in [3.05, 3.63) is 82.9 Å². The fourth-order valence-corrected chi connectivity index (χ4v) is 4.99. The molecule has 0 aliphatic carbocycles. The molecule has 0 saturated heterocycles. The molecule has 0 atom stereocenters. The molecule has 0 heterocycles. The van der Waals surface area contributed by atoms with Crippen molar-refractivity contribution >= 4 is 48.7 Å². The van der Waals surface area contributed by atoms with Gasteiger partial charge in [-0.05, 0) is 61.0 Å². The Hall–Kier alpha value is -2.88. The van der Waals surface area contributed by atoms with Gasteiger partial charge in [-0.3, -0.25) is 9.52 Å². The van der Waals surface area contributed by atoms with Gasteiger partial charge in [0.05, 0.1) is 20.5 Å². The van der Waals surface area contributed by atoms with Crippen molar-refractivity contribution in [1.82, 2.24) is 0 Å². The zero-order valence-corrected chi connectivity index (χ0v) is 19.0. The number of nitrogens with one attached hydrogen (secondary N) is 2. The number of hydrogen-bond acceptors (Lipinski definition) is 5. The van der Waals surface area contributed by atoms with Crippen LogP contribution in [0.2, 0.25) is 5.02 Å². The number of benzene rings is 3. The molecule has 0 aliphatic heterocycles. The molecule has 3 rings (SSSR count). The predicted molar refractivity (Wildman–Crippen MR) is 121 cm³/mol. The zero-order chi connectivity index (χ0) is 22.8. The number of carbonyl (C=O) groups is 1. The Morgan fingerprint density at radius 2 is 1.55 bits per heavy atom. The number of halogens is 1. The summed E-state index contributed by atoms with van der Waals surface area (Å²) >= 11 is 6.04. The van der Waals surface area contributed by atoms with Crippen molar-refractivity contribution in [2.24, 2.45) is 0 Å². The molecule has 0 saturated carbocycles. The van der Waals surface area contributed by atoms with Crippen molar-refractivity contribution in [3.8, 4) is 0 Å². The van der Waals surface area contributed by atoms with Gasteiger partial charge in [-0.25, -0.2) is 16.8 Å². The first kappa shape index (κ1) is 22.8. The van der Waals surface area contributed by atoms with E-state index in [-0.39, 0.29) is 31.8 Å². The van der Waals surface area contributed by atoms with E-state index >= 15 is 0 Å². The maximum absolute atomic E-state index is 12.9. The van der Waals surface area contributed by atoms with Gasteiger partial charge in [0.25, 0.3) is 15.9 Å². The van der Waals surface area contributed by atoms with E-state index in [0.717, 1.165) is 6.26 Å². The third kappa shape index (κ3) is 5.43. The number of para-hydroxylation sites is 1. The van der Waals surface area contributed by atoms with Crippen molar-refractivity contribution < 1.29 is 21.6 Å². The van der Waals surface area contributed by atoms with Crippen molar-refractivity contribution in [3.63, 3.8) is 0 Å². The number of aryl methyl sites for hydroxylation is 1.